The molecule has 2 aromatic rings. The lowest BCUT2D eigenvalue weighted by atomic mass is 10.0. The fourth-order valence-corrected chi connectivity index (χ4v) is 1.59. The van der Waals surface area contributed by atoms with Gasteiger partial charge >= 0.3 is 6.01 Å². The van der Waals surface area contributed by atoms with Gasteiger partial charge in [-0.15, -0.1) is 0 Å². The van der Waals surface area contributed by atoms with Gasteiger partial charge in [-0.3, -0.25) is 0 Å². The van der Waals surface area contributed by atoms with Gasteiger partial charge in [-0.2, -0.15) is 0 Å². The number of aliphatic hydroxyl groups is 1. The van der Waals surface area contributed by atoms with Crippen LogP contribution in [0.15, 0.2) is 36.7 Å². The first-order valence-corrected chi connectivity index (χ1v) is 5.48. The molecule has 0 saturated heterocycles. The number of aromatic nitrogens is 2. The van der Waals surface area contributed by atoms with Gasteiger partial charge in [0, 0.05) is 24.4 Å². The molecule has 2 rings (SSSR count). The SMILES string of the molecule is COc1ncc(C(O)Cc2ccccc2F)cn1. The van der Waals surface area contributed by atoms with Gasteiger partial charge in [-0.1, -0.05) is 18.2 Å². The maximum Gasteiger partial charge on any atom is 0.316 e. The van der Waals surface area contributed by atoms with E-state index in [1.165, 1.54) is 25.6 Å². The molecule has 0 aliphatic heterocycles. The number of ether oxygens (including phenoxy) is 1. The third-order valence-corrected chi connectivity index (χ3v) is 2.59. The zero-order valence-electron chi connectivity index (χ0n) is 9.88. The third kappa shape index (κ3) is 2.81. The van der Waals surface area contributed by atoms with Crippen LogP contribution in [0.3, 0.4) is 0 Å². The van der Waals surface area contributed by atoms with Crippen molar-refractivity contribution >= 4 is 0 Å². The van der Waals surface area contributed by atoms with Crippen LogP contribution < -0.4 is 4.74 Å². The number of rotatable bonds is 4. The molecule has 18 heavy (non-hydrogen) atoms. The molecule has 0 bridgehead atoms. The summed E-state index contributed by atoms with van der Waals surface area (Å²) in [5.41, 5.74) is 0.986. The molecule has 1 atom stereocenters. The maximum absolute atomic E-state index is 13.4. The van der Waals surface area contributed by atoms with Crippen LogP contribution in [0.1, 0.15) is 17.2 Å². The Bertz CT molecular complexity index is 517. The van der Waals surface area contributed by atoms with Gasteiger partial charge in [0.1, 0.15) is 5.82 Å². The second-order valence-corrected chi connectivity index (χ2v) is 3.81. The van der Waals surface area contributed by atoms with Crippen molar-refractivity contribution in [2.24, 2.45) is 0 Å². The minimum absolute atomic E-state index is 0.183. The van der Waals surface area contributed by atoms with Crippen LogP contribution in [0.2, 0.25) is 0 Å². The second-order valence-electron chi connectivity index (χ2n) is 3.81. The van der Waals surface area contributed by atoms with Crippen molar-refractivity contribution in [3.63, 3.8) is 0 Å². The van der Waals surface area contributed by atoms with Gasteiger partial charge in [0.25, 0.3) is 0 Å². The summed E-state index contributed by atoms with van der Waals surface area (Å²) in [6.07, 6.45) is 2.28. The second kappa shape index (κ2) is 5.55. The van der Waals surface area contributed by atoms with Crippen LogP contribution >= 0.6 is 0 Å². The summed E-state index contributed by atoms with van der Waals surface area (Å²) in [6.45, 7) is 0. The van der Waals surface area contributed by atoms with Crippen LogP contribution in [0.4, 0.5) is 4.39 Å². The van der Waals surface area contributed by atoms with Crippen molar-refractivity contribution in [3.05, 3.63) is 53.6 Å². The summed E-state index contributed by atoms with van der Waals surface area (Å²) < 4.78 is 18.2. The molecule has 0 radical (unpaired) electrons. The summed E-state index contributed by atoms with van der Waals surface area (Å²) in [7, 11) is 1.46. The molecule has 0 aliphatic rings. The first-order valence-electron chi connectivity index (χ1n) is 5.48. The van der Waals surface area contributed by atoms with Crippen molar-refractivity contribution in [1.29, 1.82) is 0 Å². The largest absolute Gasteiger partial charge is 0.467 e. The van der Waals surface area contributed by atoms with Crippen LogP contribution in [0, 0.1) is 5.82 Å². The number of hydrogen-bond acceptors (Lipinski definition) is 4. The Morgan fingerprint density at radius 3 is 2.56 bits per heavy atom. The highest BCUT2D eigenvalue weighted by atomic mass is 19.1. The van der Waals surface area contributed by atoms with Gasteiger partial charge in [-0.05, 0) is 11.6 Å². The normalized spacial score (nSPS) is 12.2. The van der Waals surface area contributed by atoms with E-state index < -0.39 is 6.10 Å². The molecule has 0 saturated carbocycles. The Balaban J connectivity index is 2.11. The van der Waals surface area contributed by atoms with Crippen LogP contribution in [0.5, 0.6) is 6.01 Å². The molecule has 0 spiro atoms. The molecule has 1 aromatic carbocycles. The van der Waals surface area contributed by atoms with E-state index in [0.29, 0.717) is 11.1 Å². The van der Waals surface area contributed by atoms with E-state index in [1.807, 2.05) is 0 Å². The molecule has 5 heteroatoms. The van der Waals surface area contributed by atoms with Crippen molar-refractivity contribution < 1.29 is 14.2 Å². The Morgan fingerprint density at radius 2 is 1.94 bits per heavy atom. The van der Waals surface area contributed by atoms with Crippen molar-refractivity contribution in [2.75, 3.05) is 7.11 Å². The minimum Gasteiger partial charge on any atom is -0.467 e. The topological polar surface area (TPSA) is 55.2 Å². The van der Waals surface area contributed by atoms with Gasteiger partial charge in [-0.25, -0.2) is 14.4 Å². The lowest BCUT2D eigenvalue weighted by Crippen LogP contribution is -2.05. The molecular weight excluding hydrogens is 235 g/mol. The van der Waals surface area contributed by atoms with E-state index in [9.17, 15) is 9.50 Å². The Morgan fingerprint density at radius 1 is 1.28 bits per heavy atom. The summed E-state index contributed by atoms with van der Waals surface area (Å²) in [6, 6.07) is 6.59. The molecule has 0 amide bonds. The Labute approximate surface area is 104 Å². The van der Waals surface area contributed by atoms with Gasteiger partial charge in [0.15, 0.2) is 0 Å². The van der Waals surface area contributed by atoms with E-state index in [1.54, 1.807) is 18.2 Å². The van der Waals surface area contributed by atoms with Crippen LogP contribution in [-0.2, 0) is 6.42 Å². The quantitative estimate of drug-likeness (QED) is 0.897. The van der Waals surface area contributed by atoms with Crippen LogP contribution in [0.25, 0.3) is 0 Å². The number of nitrogens with zero attached hydrogens (tertiary/aromatic N) is 2. The monoisotopic (exact) mass is 248 g/mol. The minimum atomic E-state index is -0.840. The van der Waals surface area contributed by atoms with Crippen molar-refractivity contribution in [1.82, 2.24) is 9.97 Å². The fourth-order valence-electron chi connectivity index (χ4n) is 1.59. The summed E-state index contributed by atoms with van der Waals surface area (Å²) >= 11 is 0. The van der Waals surface area contributed by atoms with E-state index in [2.05, 4.69) is 9.97 Å². The van der Waals surface area contributed by atoms with Crippen molar-refractivity contribution in [2.45, 2.75) is 12.5 Å². The summed E-state index contributed by atoms with van der Waals surface area (Å²) in [5, 5.41) is 9.97. The fraction of sp³-hybridized carbons (Fsp3) is 0.231. The predicted octanol–water partition coefficient (Wildman–Crippen LogP) is 1.90. The predicted molar refractivity (Wildman–Crippen MR) is 63.6 cm³/mol. The van der Waals surface area contributed by atoms with Gasteiger partial charge < -0.3 is 9.84 Å². The molecule has 0 aliphatic carbocycles. The number of methoxy groups -OCH3 is 1. The first-order chi connectivity index (χ1) is 8.70. The number of halogens is 1. The average molecular weight is 248 g/mol. The van der Waals surface area contributed by atoms with E-state index in [0.717, 1.165) is 0 Å². The zero-order chi connectivity index (χ0) is 13.0. The Hall–Kier alpha value is -2.01. The average Bonchev–Trinajstić information content (AvgIpc) is 2.41. The zero-order valence-corrected chi connectivity index (χ0v) is 9.88. The van der Waals surface area contributed by atoms with E-state index in [4.69, 9.17) is 4.74 Å². The number of hydrogen-bond donors (Lipinski definition) is 1. The number of benzene rings is 1. The highest BCUT2D eigenvalue weighted by molar-refractivity contribution is 5.21. The summed E-state index contributed by atoms with van der Waals surface area (Å²) in [4.78, 5) is 7.79. The number of aliphatic hydroxyl groups excluding tert-OH is 1. The van der Waals surface area contributed by atoms with E-state index in [-0.39, 0.29) is 18.2 Å². The van der Waals surface area contributed by atoms with Crippen molar-refractivity contribution in [3.8, 4) is 6.01 Å². The van der Waals surface area contributed by atoms with Gasteiger partial charge in [0.05, 0.1) is 13.2 Å². The molecule has 94 valence electrons. The maximum atomic E-state index is 13.4. The van der Waals surface area contributed by atoms with Gasteiger partial charge in [0.2, 0.25) is 0 Å². The highest BCUT2D eigenvalue weighted by Gasteiger charge is 2.12. The third-order valence-electron chi connectivity index (χ3n) is 2.59. The van der Waals surface area contributed by atoms with Crippen LogP contribution in [-0.4, -0.2) is 22.2 Å². The standard InChI is InChI=1S/C13H13FN2O2/c1-18-13-15-7-10(8-16-13)12(17)6-9-4-2-3-5-11(9)14/h2-5,7-8,12,17H,6H2,1H3. The van der Waals surface area contributed by atoms with E-state index >= 15 is 0 Å². The molecule has 4 nitrogen and oxygen atoms in total. The smallest absolute Gasteiger partial charge is 0.316 e. The molecular formula is C13H13FN2O2. The Kier molecular flexibility index (Phi) is 3.84. The molecule has 1 unspecified atom stereocenters. The lowest BCUT2D eigenvalue weighted by molar-refractivity contribution is 0.176. The first kappa shape index (κ1) is 12.4. The molecule has 1 aromatic heterocycles. The summed E-state index contributed by atoms with van der Waals surface area (Å²) in [5.74, 6) is -0.328. The molecule has 0 fully saturated rings. The lowest BCUT2D eigenvalue weighted by Gasteiger charge is -2.11. The highest BCUT2D eigenvalue weighted by Crippen LogP contribution is 2.19. The molecule has 1 N–H and O–H groups in total. The molecule has 1 heterocycles.